The Morgan fingerprint density at radius 1 is 1.17 bits per heavy atom. The van der Waals surface area contributed by atoms with Crippen molar-refractivity contribution in [2.24, 2.45) is 0 Å². The van der Waals surface area contributed by atoms with Crippen molar-refractivity contribution >= 4 is 30.0 Å². The molecule has 0 fully saturated rings. The van der Waals surface area contributed by atoms with Crippen LogP contribution >= 0.6 is 0 Å². The van der Waals surface area contributed by atoms with Crippen LogP contribution in [0.25, 0.3) is 0 Å². The van der Waals surface area contributed by atoms with Gasteiger partial charge in [0.25, 0.3) is 0 Å². The maximum atomic E-state index is 12.9. The molecule has 3 rings (SSSR count). The number of alkyl halides is 3. The number of nitrogens with one attached hydrogen (secondary N) is 2. The molecule has 0 atom stereocenters. The van der Waals surface area contributed by atoms with E-state index in [1.807, 2.05) is 0 Å². The van der Waals surface area contributed by atoms with E-state index >= 15 is 0 Å². The van der Waals surface area contributed by atoms with E-state index < -0.39 is 24.9 Å². The standard InChI is InChI=1S/C15H12BF3N2O3/c17-15(18,19)11-3-1-2-4-13(11)21-14(22)20-10-6-5-9-8-24-16(23)12(9)7-10/h1-7,23H,8H2,(H2,20,21,22). The van der Waals surface area contributed by atoms with E-state index in [1.54, 1.807) is 12.1 Å². The number of anilines is 2. The second-order valence-corrected chi connectivity index (χ2v) is 5.20. The smallest absolute Gasteiger partial charge is 0.423 e. The zero-order valence-electron chi connectivity index (χ0n) is 12.2. The molecular weight excluding hydrogens is 324 g/mol. The molecule has 0 radical (unpaired) electrons. The van der Waals surface area contributed by atoms with E-state index in [1.165, 1.54) is 24.3 Å². The number of hydrogen-bond acceptors (Lipinski definition) is 3. The zero-order valence-corrected chi connectivity index (χ0v) is 12.2. The molecule has 0 aromatic heterocycles. The third kappa shape index (κ3) is 3.36. The molecule has 2 amide bonds. The van der Waals surface area contributed by atoms with Gasteiger partial charge >= 0.3 is 19.3 Å². The lowest BCUT2D eigenvalue weighted by Gasteiger charge is -2.14. The van der Waals surface area contributed by atoms with Crippen molar-refractivity contribution in [1.29, 1.82) is 0 Å². The number of urea groups is 1. The lowest BCUT2D eigenvalue weighted by atomic mass is 9.79. The van der Waals surface area contributed by atoms with Crippen molar-refractivity contribution in [2.75, 3.05) is 10.6 Å². The van der Waals surface area contributed by atoms with Crippen LogP contribution in [-0.2, 0) is 17.4 Å². The Morgan fingerprint density at radius 2 is 1.92 bits per heavy atom. The highest BCUT2D eigenvalue weighted by molar-refractivity contribution is 6.61. The fourth-order valence-corrected chi connectivity index (χ4v) is 2.42. The highest BCUT2D eigenvalue weighted by Gasteiger charge is 2.33. The van der Waals surface area contributed by atoms with Gasteiger partial charge in [0.05, 0.1) is 17.9 Å². The fraction of sp³-hybridized carbons (Fsp3) is 0.133. The van der Waals surface area contributed by atoms with E-state index in [9.17, 15) is 23.0 Å². The molecule has 1 aliphatic heterocycles. The number of halogens is 3. The van der Waals surface area contributed by atoms with Gasteiger partial charge in [0.1, 0.15) is 0 Å². The predicted octanol–water partition coefficient (Wildman–Crippen LogP) is 2.57. The van der Waals surface area contributed by atoms with Crippen LogP contribution in [0.5, 0.6) is 0 Å². The minimum atomic E-state index is -4.57. The highest BCUT2D eigenvalue weighted by atomic mass is 19.4. The number of amides is 2. The molecule has 0 aliphatic carbocycles. The number of para-hydroxylation sites is 1. The first-order valence-electron chi connectivity index (χ1n) is 7.01. The molecule has 0 saturated heterocycles. The van der Waals surface area contributed by atoms with Crippen molar-refractivity contribution in [1.82, 2.24) is 0 Å². The SMILES string of the molecule is O=C(Nc1ccc2c(c1)B(O)OC2)Nc1ccccc1C(F)(F)F. The van der Waals surface area contributed by atoms with Gasteiger partial charge < -0.3 is 20.3 Å². The van der Waals surface area contributed by atoms with Gasteiger partial charge in [-0.1, -0.05) is 18.2 Å². The van der Waals surface area contributed by atoms with E-state index in [0.29, 0.717) is 11.2 Å². The summed E-state index contributed by atoms with van der Waals surface area (Å²) in [7, 11) is -1.07. The Labute approximate surface area is 135 Å². The lowest BCUT2D eigenvalue weighted by Crippen LogP contribution is -2.29. The van der Waals surface area contributed by atoms with Gasteiger partial charge in [0, 0.05) is 5.69 Å². The van der Waals surface area contributed by atoms with Crippen LogP contribution in [0.1, 0.15) is 11.1 Å². The van der Waals surface area contributed by atoms with Crippen LogP contribution in [0.4, 0.5) is 29.3 Å². The Morgan fingerprint density at radius 3 is 2.67 bits per heavy atom. The summed E-state index contributed by atoms with van der Waals surface area (Å²) in [5, 5.41) is 14.2. The first-order chi connectivity index (χ1) is 11.3. The Hall–Kier alpha value is -2.52. The minimum Gasteiger partial charge on any atom is -0.423 e. The summed E-state index contributed by atoms with van der Waals surface area (Å²) in [5.41, 5.74) is 0.365. The minimum absolute atomic E-state index is 0.266. The molecule has 0 bridgehead atoms. The monoisotopic (exact) mass is 336 g/mol. The van der Waals surface area contributed by atoms with E-state index in [0.717, 1.165) is 11.6 Å². The summed E-state index contributed by atoms with van der Waals surface area (Å²) < 4.78 is 43.8. The van der Waals surface area contributed by atoms with Crippen molar-refractivity contribution in [3.05, 3.63) is 53.6 Å². The Balaban J connectivity index is 1.75. The van der Waals surface area contributed by atoms with Gasteiger partial charge in [-0.3, -0.25) is 0 Å². The third-order valence-electron chi connectivity index (χ3n) is 3.55. The van der Waals surface area contributed by atoms with E-state index in [4.69, 9.17) is 4.65 Å². The van der Waals surface area contributed by atoms with Gasteiger partial charge in [-0.25, -0.2) is 4.79 Å². The molecule has 24 heavy (non-hydrogen) atoms. The van der Waals surface area contributed by atoms with Crippen LogP contribution in [0.2, 0.25) is 0 Å². The van der Waals surface area contributed by atoms with Crippen LogP contribution in [0.15, 0.2) is 42.5 Å². The fourth-order valence-electron chi connectivity index (χ4n) is 2.42. The molecule has 0 unspecified atom stereocenters. The van der Waals surface area contributed by atoms with Crippen molar-refractivity contribution in [3.8, 4) is 0 Å². The molecular formula is C15H12BF3N2O3. The summed E-state index contributed by atoms with van der Waals surface area (Å²) in [4.78, 5) is 12.0. The van der Waals surface area contributed by atoms with Crippen molar-refractivity contribution < 1.29 is 27.6 Å². The van der Waals surface area contributed by atoms with Gasteiger partial charge in [-0.05, 0) is 35.3 Å². The van der Waals surface area contributed by atoms with Crippen molar-refractivity contribution in [3.63, 3.8) is 0 Å². The molecule has 5 nitrogen and oxygen atoms in total. The molecule has 0 saturated carbocycles. The second-order valence-electron chi connectivity index (χ2n) is 5.20. The second kappa shape index (κ2) is 6.18. The molecule has 2 aromatic carbocycles. The average molecular weight is 336 g/mol. The highest BCUT2D eigenvalue weighted by Crippen LogP contribution is 2.34. The Kier molecular flexibility index (Phi) is 4.21. The molecule has 124 valence electrons. The number of benzene rings is 2. The molecule has 2 aromatic rings. The van der Waals surface area contributed by atoms with Gasteiger partial charge in [-0.15, -0.1) is 0 Å². The summed E-state index contributed by atoms with van der Waals surface area (Å²) in [6, 6.07) is 8.64. The topological polar surface area (TPSA) is 70.6 Å². The molecule has 3 N–H and O–H groups in total. The van der Waals surface area contributed by atoms with Gasteiger partial charge in [-0.2, -0.15) is 13.2 Å². The molecule has 1 heterocycles. The van der Waals surface area contributed by atoms with Crippen molar-refractivity contribution in [2.45, 2.75) is 12.8 Å². The number of rotatable bonds is 2. The summed E-state index contributed by atoms with van der Waals surface area (Å²) in [6.07, 6.45) is -4.57. The van der Waals surface area contributed by atoms with Crippen LogP contribution in [0, 0.1) is 0 Å². The quantitative estimate of drug-likeness (QED) is 0.739. The molecule has 1 aliphatic rings. The predicted molar refractivity (Wildman–Crippen MR) is 82.9 cm³/mol. The molecule has 9 heteroatoms. The lowest BCUT2D eigenvalue weighted by molar-refractivity contribution is -0.136. The van der Waals surface area contributed by atoms with E-state index in [-0.39, 0.29) is 12.3 Å². The van der Waals surface area contributed by atoms with Crippen LogP contribution in [0.3, 0.4) is 0 Å². The number of carbonyl (C=O) groups excluding carboxylic acids is 1. The van der Waals surface area contributed by atoms with Crippen LogP contribution in [-0.4, -0.2) is 18.2 Å². The third-order valence-corrected chi connectivity index (χ3v) is 3.55. The van der Waals surface area contributed by atoms with E-state index in [2.05, 4.69) is 10.6 Å². The summed E-state index contributed by atoms with van der Waals surface area (Å²) in [5.74, 6) is 0. The summed E-state index contributed by atoms with van der Waals surface area (Å²) >= 11 is 0. The first kappa shape index (κ1) is 16.3. The largest absolute Gasteiger partial charge is 0.491 e. The first-order valence-corrected chi connectivity index (χ1v) is 7.01. The normalized spacial score (nSPS) is 13.6. The van der Waals surface area contributed by atoms with Gasteiger partial charge in [0.2, 0.25) is 0 Å². The maximum absolute atomic E-state index is 12.9. The molecule has 0 spiro atoms. The number of fused-ring (bicyclic) bond motifs is 1. The van der Waals surface area contributed by atoms with Crippen LogP contribution < -0.4 is 16.1 Å². The number of hydrogen-bond donors (Lipinski definition) is 3. The maximum Gasteiger partial charge on any atom is 0.491 e. The zero-order chi connectivity index (χ0) is 17.3. The van der Waals surface area contributed by atoms with Gasteiger partial charge in [0.15, 0.2) is 0 Å². The number of carbonyl (C=O) groups is 1. The average Bonchev–Trinajstić information content (AvgIpc) is 2.88. The summed E-state index contributed by atoms with van der Waals surface area (Å²) in [6.45, 7) is 0.266. The Bertz CT molecular complexity index is 783.